The van der Waals surface area contributed by atoms with Crippen molar-refractivity contribution in [3.8, 4) is 11.1 Å². The van der Waals surface area contributed by atoms with Crippen LogP contribution in [0.4, 0.5) is 22.7 Å². The number of thiophene rings is 1. The Hall–Kier alpha value is -4.74. The molecule has 0 bridgehead atoms. The van der Waals surface area contributed by atoms with Crippen molar-refractivity contribution >= 4 is 71.3 Å². The number of benzene rings is 4. The smallest absolute Gasteiger partial charge is 0.134 e. The monoisotopic (exact) mass is 549 g/mol. The highest BCUT2D eigenvalue weighted by Crippen LogP contribution is 2.57. The number of rotatable bonds is 2. The number of furan rings is 1. The zero-order valence-corrected chi connectivity index (χ0v) is 23.2. The number of allylic oxidation sites excluding steroid dienone is 5. The average Bonchev–Trinajstić information content (AvgIpc) is 3.67. The first-order valence-electron chi connectivity index (χ1n) is 14.2. The van der Waals surface area contributed by atoms with E-state index in [1.54, 1.807) is 0 Å². The van der Waals surface area contributed by atoms with E-state index < -0.39 is 0 Å². The molecule has 0 saturated heterocycles. The number of nitrogens with zero attached hydrogens (tertiary/aromatic N) is 1. The lowest BCUT2D eigenvalue weighted by Crippen LogP contribution is -2.17. The first-order chi connectivity index (χ1) is 20.2. The normalized spacial score (nSPS) is 17.3. The summed E-state index contributed by atoms with van der Waals surface area (Å²) < 4.78 is 8.70. The SMILES string of the molecule is Nc1cccc(-c2ccc3oc4c(c3c2)C=CCC4)c1N1C2=CC=CCC2c2c1ccc1c2sc2c(N)cccc21. The molecule has 4 aromatic carbocycles. The van der Waals surface area contributed by atoms with Crippen LogP contribution in [0, 0.1) is 0 Å². The molecule has 0 radical (unpaired) electrons. The van der Waals surface area contributed by atoms with Gasteiger partial charge in [0, 0.05) is 61.3 Å². The largest absolute Gasteiger partial charge is 0.460 e. The Balaban J connectivity index is 1.30. The first kappa shape index (κ1) is 23.0. The van der Waals surface area contributed by atoms with Crippen LogP contribution in [0.15, 0.2) is 101 Å². The van der Waals surface area contributed by atoms with E-state index in [0.29, 0.717) is 0 Å². The van der Waals surface area contributed by atoms with Gasteiger partial charge >= 0.3 is 0 Å². The minimum atomic E-state index is 0.258. The molecule has 0 saturated carbocycles. The highest BCUT2D eigenvalue weighted by molar-refractivity contribution is 7.26. The quantitative estimate of drug-likeness (QED) is 0.211. The summed E-state index contributed by atoms with van der Waals surface area (Å²) >= 11 is 1.82. The summed E-state index contributed by atoms with van der Waals surface area (Å²) in [5, 5.41) is 3.66. The van der Waals surface area contributed by atoms with Crippen LogP contribution in [-0.4, -0.2) is 0 Å². The minimum absolute atomic E-state index is 0.258. The number of hydrogen-bond acceptors (Lipinski definition) is 5. The second-order valence-corrected chi connectivity index (χ2v) is 12.2. The molecule has 4 N–H and O–H groups in total. The fourth-order valence-corrected chi connectivity index (χ4v) is 8.41. The molecule has 2 aliphatic carbocycles. The van der Waals surface area contributed by atoms with Gasteiger partial charge in [-0.05, 0) is 54.8 Å². The van der Waals surface area contributed by atoms with Gasteiger partial charge < -0.3 is 20.8 Å². The molecule has 3 heterocycles. The van der Waals surface area contributed by atoms with Crippen molar-refractivity contribution in [2.24, 2.45) is 0 Å². The van der Waals surface area contributed by atoms with Gasteiger partial charge in [-0.25, -0.2) is 0 Å². The maximum atomic E-state index is 6.88. The summed E-state index contributed by atoms with van der Waals surface area (Å²) in [7, 11) is 0. The maximum absolute atomic E-state index is 6.88. The molecule has 5 heteroatoms. The van der Waals surface area contributed by atoms with E-state index in [-0.39, 0.29) is 5.92 Å². The van der Waals surface area contributed by atoms with Crippen molar-refractivity contribution in [1.29, 1.82) is 0 Å². The number of nitrogen functional groups attached to an aromatic ring is 2. The van der Waals surface area contributed by atoms with Crippen LogP contribution in [0.1, 0.15) is 35.6 Å². The predicted octanol–water partition coefficient (Wildman–Crippen LogP) is 9.67. The first-order valence-corrected chi connectivity index (χ1v) is 15.0. The molecular formula is C36H27N3OS. The third-order valence-corrected chi connectivity index (χ3v) is 10.2. The van der Waals surface area contributed by atoms with Crippen molar-refractivity contribution in [2.75, 3.05) is 16.4 Å². The second-order valence-electron chi connectivity index (χ2n) is 11.2. The number of nitrogens with two attached hydrogens (primary N) is 2. The molecule has 1 atom stereocenters. The zero-order chi connectivity index (χ0) is 27.2. The van der Waals surface area contributed by atoms with Crippen LogP contribution in [0.5, 0.6) is 0 Å². The van der Waals surface area contributed by atoms with Gasteiger partial charge in [0.1, 0.15) is 11.3 Å². The maximum Gasteiger partial charge on any atom is 0.134 e. The molecule has 41 heavy (non-hydrogen) atoms. The highest BCUT2D eigenvalue weighted by Gasteiger charge is 2.38. The molecule has 0 fully saturated rings. The fraction of sp³-hybridized carbons (Fsp3) is 0.111. The molecule has 1 unspecified atom stereocenters. The van der Waals surface area contributed by atoms with Gasteiger partial charge in [0.25, 0.3) is 0 Å². The van der Waals surface area contributed by atoms with Crippen LogP contribution in [0.2, 0.25) is 0 Å². The molecule has 2 aromatic heterocycles. The van der Waals surface area contributed by atoms with E-state index in [1.807, 2.05) is 23.5 Å². The van der Waals surface area contributed by atoms with E-state index in [9.17, 15) is 0 Å². The molecule has 4 nitrogen and oxygen atoms in total. The summed E-state index contributed by atoms with van der Waals surface area (Å²) in [4.78, 5) is 2.41. The Morgan fingerprint density at radius 2 is 1.73 bits per heavy atom. The Kier molecular flexibility index (Phi) is 4.71. The van der Waals surface area contributed by atoms with Gasteiger partial charge in [0.15, 0.2) is 0 Å². The zero-order valence-electron chi connectivity index (χ0n) is 22.4. The van der Waals surface area contributed by atoms with E-state index >= 15 is 0 Å². The third kappa shape index (κ3) is 3.15. The van der Waals surface area contributed by atoms with E-state index in [1.165, 1.54) is 38.0 Å². The Morgan fingerprint density at radius 3 is 2.68 bits per heavy atom. The lowest BCUT2D eigenvalue weighted by atomic mass is 9.91. The molecule has 9 rings (SSSR count). The average molecular weight is 550 g/mol. The summed E-state index contributed by atoms with van der Waals surface area (Å²) in [5.74, 6) is 1.34. The van der Waals surface area contributed by atoms with Crippen molar-refractivity contribution < 1.29 is 4.42 Å². The summed E-state index contributed by atoms with van der Waals surface area (Å²) in [5.41, 5.74) is 24.2. The topological polar surface area (TPSA) is 68.4 Å². The number of para-hydroxylation sites is 1. The summed E-state index contributed by atoms with van der Waals surface area (Å²) in [6.07, 6.45) is 14.1. The van der Waals surface area contributed by atoms with Gasteiger partial charge in [-0.15, -0.1) is 11.3 Å². The lowest BCUT2D eigenvalue weighted by molar-refractivity contribution is 0.546. The van der Waals surface area contributed by atoms with Gasteiger partial charge in [0.2, 0.25) is 0 Å². The number of hydrogen-bond donors (Lipinski definition) is 2. The van der Waals surface area contributed by atoms with Crippen molar-refractivity contribution in [3.63, 3.8) is 0 Å². The third-order valence-electron chi connectivity index (χ3n) is 8.92. The second kappa shape index (κ2) is 8.38. The van der Waals surface area contributed by atoms with Crippen LogP contribution in [-0.2, 0) is 6.42 Å². The predicted molar refractivity (Wildman–Crippen MR) is 174 cm³/mol. The Labute approximate surface area is 241 Å². The Morgan fingerprint density at radius 1 is 0.854 bits per heavy atom. The van der Waals surface area contributed by atoms with Crippen molar-refractivity contribution in [3.05, 3.63) is 114 Å². The van der Waals surface area contributed by atoms with Crippen molar-refractivity contribution in [1.82, 2.24) is 0 Å². The molecule has 0 amide bonds. The molecular weight excluding hydrogens is 522 g/mol. The molecule has 1 aliphatic heterocycles. The van der Waals surface area contributed by atoms with E-state index in [4.69, 9.17) is 15.9 Å². The van der Waals surface area contributed by atoms with Gasteiger partial charge in [-0.1, -0.05) is 60.7 Å². The standard InChI is InChI=1S/C36H27N3OS/c37-27-11-5-9-21(20-15-18-32-26(19-20)22-7-2-4-14-31(22)40-32)34(27)39-29-13-3-1-8-25(29)33-30(39)17-16-24-23-10-6-12-28(38)35(23)41-36(24)33/h1-3,5-7,9-13,15-19,25H,4,8,14,37-38H2. The number of anilines is 4. The highest BCUT2D eigenvalue weighted by atomic mass is 32.1. The minimum Gasteiger partial charge on any atom is -0.460 e. The number of aryl methyl sites for hydroxylation is 1. The van der Waals surface area contributed by atoms with Gasteiger partial charge in [-0.3, -0.25) is 0 Å². The van der Waals surface area contributed by atoms with Crippen LogP contribution in [0.3, 0.4) is 0 Å². The summed E-state index contributed by atoms with van der Waals surface area (Å²) in [6, 6.07) is 23.6. The van der Waals surface area contributed by atoms with E-state index in [2.05, 4.69) is 89.9 Å². The molecule has 0 spiro atoms. The lowest BCUT2D eigenvalue weighted by Gasteiger charge is -2.28. The molecule has 198 valence electrons. The van der Waals surface area contributed by atoms with E-state index in [0.717, 1.165) is 68.9 Å². The van der Waals surface area contributed by atoms with Gasteiger partial charge in [-0.2, -0.15) is 0 Å². The summed E-state index contributed by atoms with van der Waals surface area (Å²) in [6.45, 7) is 0. The van der Waals surface area contributed by atoms with Crippen molar-refractivity contribution in [2.45, 2.75) is 25.2 Å². The van der Waals surface area contributed by atoms with Gasteiger partial charge in [0.05, 0.1) is 21.8 Å². The van der Waals surface area contributed by atoms with Crippen LogP contribution < -0.4 is 16.4 Å². The Bertz CT molecular complexity index is 2180. The number of fused-ring (bicyclic) bond motifs is 10. The molecule has 6 aromatic rings. The molecule has 3 aliphatic rings. The van der Waals surface area contributed by atoms with Crippen LogP contribution in [0.25, 0.3) is 48.3 Å². The fourth-order valence-electron chi connectivity index (χ4n) is 7.09. The van der Waals surface area contributed by atoms with Crippen LogP contribution >= 0.6 is 11.3 Å².